The van der Waals surface area contributed by atoms with Gasteiger partial charge in [0.25, 0.3) is 5.01 Å². The molecule has 0 unspecified atom stereocenters. The highest BCUT2D eigenvalue weighted by Crippen LogP contribution is 2.28. The van der Waals surface area contributed by atoms with Crippen molar-refractivity contribution < 1.29 is 9.13 Å². The molecule has 2 nitrogen and oxygen atoms in total. The molecule has 3 heteroatoms. The van der Waals surface area contributed by atoms with E-state index in [1.807, 2.05) is 0 Å². The lowest BCUT2D eigenvalue weighted by Crippen LogP contribution is -2.35. The van der Waals surface area contributed by atoms with E-state index in [0.29, 0.717) is 0 Å². The molecule has 0 saturated heterocycles. The Kier molecular flexibility index (Phi) is 3.60. The summed E-state index contributed by atoms with van der Waals surface area (Å²) >= 11 is 1.79. The third-order valence-corrected chi connectivity index (χ3v) is 4.85. The summed E-state index contributed by atoms with van der Waals surface area (Å²) in [5.41, 5.74) is 6.43. The second kappa shape index (κ2) is 5.41. The van der Waals surface area contributed by atoms with Gasteiger partial charge in [-0.2, -0.15) is 9.13 Å². The van der Waals surface area contributed by atoms with Gasteiger partial charge in [-0.1, -0.05) is 17.4 Å². The smallest absolute Gasteiger partial charge is 0.191 e. The van der Waals surface area contributed by atoms with Gasteiger partial charge in [0.2, 0.25) is 5.69 Å². The van der Waals surface area contributed by atoms with Crippen molar-refractivity contribution in [2.24, 2.45) is 7.05 Å². The van der Waals surface area contributed by atoms with E-state index in [9.17, 15) is 0 Å². The van der Waals surface area contributed by atoms with Crippen LogP contribution in [0.5, 0.6) is 0 Å². The lowest BCUT2D eigenvalue weighted by Gasteiger charge is -2.08. The van der Waals surface area contributed by atoms with Crippen molar-refractivity contribution in [1.82, 2.24) is 0 Å². The second-order valence-corrected chi connectivity index (χ2v) is 6.38. The Balaban J connectivity index is 2.27. The van der Waals surface area contributed by atoms with Crippen LogP contribution in [-0.4, -0.2) is 0 Å². The monoisotopic (exact) mass is 296 g/mol. The van der Waals surface area contributed by atoms with Crippen molar-refractivity contribution in [1.29, 1.82) is 0 Å². The van der Waals surface area contributed by atoms with Crippen LogP contribution in [0.3, 0.4) is 0 Å². The highest BCUT2D eigenvalue weighted by Gasteiger charge is 2.21. The summed E-state index contributed by atoms with van der Waals surface area (Å²) in [4.78, 5) is 0. The molecule has 0 N–H and O–H groups in total. The zero-order valence-electron chi connectivity index (χ0n) is 12.9. The summed E-state index contributed by atoms with van der Waals surface area (Å²) in [6, 6.07) is 10.9. The van der Waals surface area contributed by atoms with Crippen LogP contribution in [0.1, 0.15) is 16.8 Å². The van der Waals surface area contributed by atoms with Crippen LogP contribution in [0.25, 0.3) is 16.3 Å². The quantitative estimate of drug-likeness (QED) is 0.640. The summed E-state index contributed by atoms with van der Waals surface area (Å²) in [6.07, 6.45) is 4.25. The molecule has 0 radical (unpaired) electrons. The fraction of sp³-hybridized carbons (Fsp3) is 0.222. The average Bonchev–Trinajstić information content (AvgIpc) is 2.88. The molecule has 0 bridgehead atoms. The molecule has 3 aromatic rings. The van der Waals surface area contributed by atoms with Crippen molar-refractivity contribution in [3.63, 3.8) is 0 Å². The van der Waals surface area contributed by atoms with Gasteiger partial charge in [0, 0.05) is 30.7 Å². The molecule has 21 heavy (non-hydrogen) atoms. The van der Waals surface area contributed by atoms with Crippen LogP contribution in [-0.2, 0) is 7.05 Å². The third kappa shape index (κ3) is 2.49. The van der Waals surface area contributed by atoms with Crippen molar-refractivity contribution in [2.45, 2.75) is 20.8 Å². The fourth-order valence-electron chi connectivity index (χ4n) is 2.70. The van der Waals surface area contributed by atoms with Gasteiger partial charge in [-0.3, -0.25) is 0 Å². The summed E-state index contributed by atoms with van der Waals surface area (Å²) in [5.74, 6) is 0. The van der Waals surface area contributed by atoms with Gasteiger partial charge < -0.3 is 0 Å². The Bertz CT molecular complexity index is 803. The van der Waals surface area contributed by atoms with E-state index in [1.54, 1.807) is 11.3 Å². The summed E-state index contributed by atoms with van der Waals surface area (Å²) in [7, 11) is 2.11. The summed E-state index contributed by atoms with van der Waals surface area (Å²) < 4.78 is 4.46. The number of thiazole rings is 1. The Morgan fingerprint density at radius 1 is 1.00 bits per heavy atom. The van der Waals surface area contributed by atoms with E-state index < -0.39 is 0 Å². The van der Waals surface area contributed by atoms with Crippen LogP contribution in [0.15, 0.2) is 48.1 Å². The van der Waals surface area contributed by atoms with Gasteiger partial charge in [-0.25, -0.2) is 0 Å². The minimum atomic E-state index is 1.24. The first-order valence-electron chi connectivity index (χ1n) is 7.10. The second-order valence-electron chi connectivity index (χ2n) is 5.49. The number of benzene rings is 1. The molecule has 0 saturated carbocycles. The van der Waals surface area contributed by atoms with E-state index in [0.717, 1.165) is 0 Å². The average molecular weight is 296 g/mol. The van der Waals surface area contributed by atoms with Crippen LogP contribution in [0, 0.1) is 20.8 Å². The molecule has 0 aliphatic carbocycles. The first-order valence-corrected chi connectivity index (χ1v) is 7.98. The maximum absolute atomic E-state index is 2.28. The van der Waals surface area contributed by atoms with Crippen molar-refractivity contribution in [3.8, 4) is 16.3 Å². The van der Waals surface area contributed by atoms with E-state index in [1.165, 1.54) is 33.1 Å². The molecule has 0 spiro atoms. The first-order chi connectivity index (χ1) is 10.1. The number of pyridine rings is 1. The van der Waals surface area contributed by atoms with Gasteiger partial charge in [0.1, 0.15) is 7.05 Å². The normalized spacial score (nSPS) is 10.9. The zero-order valence-corrected chi connectivity index (χ0v) is 13.7. The Labute approximate surface area is 130 Å². The zero-order chi connectivity index (χ0) is 15.0. The minimum Gasteiger partial charge on any atom is -0.191 e. The van der Waals surface area contributed by atoms with E-state index in [-0.39, 0.29) is 0 Å². The van der Waals surface area contributed by atoms with Crippen LogP contribution in [0.4, 0.5) is 0 Å². The highest BCUT2D eigenvalue weighted by atomic mass is 32.1. The molecule has 1 aromatic carbocycles. The Morgan fingerprint density at radius 2 is 1.81 bits per heavy atom. The molecule has 0 fully saturated rings. The van der Waals surface area contributed by atoms with E-state index in [4.69, 9.17) is 0 Å². The molecule has 0 atom stereocenters. The maximum Gasteiger partial charge on any atom is 0.269 e. The predicted molar refractivity (Wildman–Crippen MR) is 86.7 cm³/mol. The fourth-order valence-corrected chi connectivity index (χ4v) is 3.64. The summed E-state index contributed by atoms with van der Waals surface area (Å²) in [6.45, 7) is 6.52. The Morgan fingerprint density at radius 3 is 2.48 bits per heavy atom. The molecular formula is C18H20N2S+2. The predicted octanol–water partition coefficient (Wildman–Crippen LogP) is 3.44. The molecule has 2 heterocycles. The molecule has 3 rings (SSSR count). The van der Waals surface area contributed by atoms with Gasteiger partial charge in [-0.15, -0.1) is 0 Å². The molecule has 0 aliphatic heterocycles. The standard InChI is InChI=1S/C18H20N2S/c1-13-11-16(18-19(4)9-10-21-18)15(3)17(12-13)20-8-6-5-7-14(20)2/h5-12H,1-4H3/q+2. The lowest BCUT2D eigenvalue weighted by atomic mass is 10.0. The Hall–Kier alpha value is -2.00. The van der Waals surface area contributed by atoms with Crippen molar-refractivity contribution >= 4 is 11.3 Å². The van der Waals surface area contributed by atoms with Crippen LogP contribution < -0.4 is 9.13 Å². The number of aryl methyl sites for hydroxylation is 3. The number of hydrogen-bond acceptors (Lipinski definition) is 1. The molecule has 0 aliphatic rings. The number of aromatic nitrogens is 2. The van der Waals surface area contributed by atoms with Crippen LogP contribution >= 0.6 is 11.3 Å². The molecule has 2 aromatic heterocycles. The third-order valence-electron chi connectivity index (χ3n) is 3.86. The topological polar surface area (TPSA) is 7.76 Å². The number of nitrogens with zero attached hydrogens (tertiary/aromatic N) is 2. The largest absolute Gasteiger partial charge is 0.269 e. The first kappa shape index (κ1) is 14.0. The van der Waals surface area contributed by atoms with E-state index >= 15 is 0 Å². The van der Waals surface area contributed by atoms with E-state index in [2.05, 4.69) is 85.1 Å². The van der Waals surface area contributed by atoms with Crippen molar-refractivity contribution in [2.75, 3.05) is 0 Å². The van der Waals surface area contributed by atoms with Gasteiger partial charge in [-0.05, 0) is 25.5 Å². The lowest BCUT2D eigenvalue weighted by molar-refractivity contribution is -0.656. The molecular weight excluding hydrogens is 276 g/mol. The maximum atomic E-state index is 2.28. The van der Waals surface area contributed by atoms with Crippen LogP contribution in [0.2, 0.25) is 0 Å². The number of rotatable bonds is 2. The highest BCUT2D eigenvalue weighted by molar-refractivity contribution is 7.12. The van der Waals surface area contributed by atoms with Gasteiger partial charge in [0.15, 0.2) is 18.1 Å². The van der Waals surface area contributed by atoms with Gasteiger partial charge >= 0.3 is 0 Å². The molecule has 106 valence electrons. The number of hydrogen-bond donors (Lipinski definition) is 0. The van der Waals surface area contributed by atoms with Gasteiger partial charge in [0.05, 0.1) is 10.9 Å². The van der Waals surface area contributed by atoms with Crippen molar-refractivity contribution in [3.05, 3.63) is 64.9 Å². The molecule has 0 amide bonds. The summed E-state index contributed by atoms with van der Waals surface area (Å²) in [5, 5.41) is 3.43. The SMILES string of the molecule is Cc1cc(-c2scc[n+]2C)c(C)c(-[n+]2ccccc2C)c1. The minimum absolute atomic E-state index is 1.24.